The molecule has 1 aliphatic carbocycles. The molecule has 0 saturated heterocycles. The van der Waals surface area contributed by atoms with E-state index in [1.165, 1.54) is 18.2 Å². The van der Waals surface area contributed by atoms with Gasteiger partial charge in [0.25, 0.3) is 11.6 Å². The zero-order valence-electron chi connectivity index (χ0n) is 11.3. The van der Waals surface area contributed by atoms with E-state index in [2.05, 4.69) is 5.32 Å². The lowest BCUT2D eigenvalue weighted by Crippen LogP contribution is -2.38. The highest BCUT2D eigenvalue weighted by Crippen LogP contribution is 2.25. The monoisotopic (exact) mass is 278 g/mol. The van der Waals surface area contributed by atoms with Crippen LogP contribution in [0.4, 0.5) is 5.69 Å². The van der Waals surface area contributed by atoms with E-state index in [0.717, 1.165) is 19.3 Å². The second kappa shape index (κ2) is 6.00. The Morgan fingerprint density at radius 3 is 2.85 bits per heavy atom. The highest BCUT2D eigenvalue weighted by molar-refractivity contribution is 5.94. The van der Waals surface area contributed by atoms with Crippen LogP contribution in [0.1, 0.15) is 35.2 Å². The van der Waals surface area contributed by atoms with E-state index in [0.29, 0.717) is 11.1 Å². The predicted octanol–water partition coefficient (Wildman–Crippen LogP) is 1.79. The topological polar surface area (TPSA) is 92.5 Å². The average Bonchev–Trinajstić information content (AvgIpc) is 2.85. The molecule has 6 heteroatoms. The molecule has 0 aliphatic heterocycles. The number of benzene rings is 1. The predicted molar refractivity (Wildman–Crippen MR) is 73.5 cm³/mol. The molecular weight excluding hydrogens is 260 g/mol. The zero-order valence-corrected chi connectivity index (χ0v) is 11.3. The molecule has 0 heterocycles. The normalized spacial score (nSPS) is 21.7. The van der Waals surface area contributed by atoms with E-state index in [-0.39, 0.29) is 30.2 Å². The minimum absolute atomic E-state index is 0.00986. The SMILES string of the molecule is Cc1cc(C(=O)NC2CCCC2CO)ccc1[N+](=O)[O-]. The molecule has 6 nitrogen and oxygen atoms in total. The number of nitrogens with one attached hydrogen (secondary N) is 1. The Kier molecular flexibility index (Phi) is 4.34. The van der Waals surface area contributed by atoms with Gasteiger partial charge in [-0.1, -0.05) is 6.42 Å². The van der Waals surface area contributed by atoms with Gasteiger partial charge in [-0.25, -0.2) is 0 Å². The second-order valence-corrected chi connectivity index (χ2v) is 5.21. The van der Waals surface area contributed by atoms with Crippen LogP contribution in [0.5, 0.6) is 0 Å². The fraction of sp³-hybridized carbons (Fsp3) is 0.500. The van der Waals surface area contributed by atoms with Gasteiger partial charge in [0.15, 0.2) is 0 Å². The van der Waals surface area contributed by atoms with E-state index >= 15 is 0 Å². The number of hydrogen-bond donors (Lipinski definition) is 2. The first kappa shape index (κ1) is 14.5. The largest absolute Gasteiger partial charge is 0.396 e. The maximum atomic E-state index is 12.1. The highest BCUT2D eigenvalue weighted by atomic mass is 16.6. The summed E-state index contributed by atoms with van der Waals surface area (Å²) in [5.74, 6) is -0.133. The Balaban J connectivity index is 2.10. The molecule has 2 unspecified atom stereocenters. The van der Waals surface area contributed by atoms with Crippen LogP contribution in [0, 0.1) is 23.0 Å². The summed E-state index contributed by atoms with van der Waals surface area (Å²) >= 11 is 0. The van der Waals surface area contributed by atoms with Crippen LogP contribution >= 0.6 is 0 Å². The summed E-state index contributed by atoms with van der Waals surface area (Å²) in [5.41, 5.74) is 0.889. The van der Waals surface area contributed by atoms with Crippen molar-refractivity contribution in [3.63, 3.8) is 0 Å². The van der Waals surface area contributed by atoms with Crippen molar-refractivity contribution >= 4 is 11.6 Å². The number of aliphatic hydroxyl groups is 1. The van der Waals surface area contributed by atoms with E-state index < -0.39 is 4.92 Å². The van der Waals surface area contributed by atoms with Gasteiger partial charge >= 0.3 is 0 Å². The van der Waals surface area contributed by atoms with Crippen molar-refractivity contribution in [1.82, 2.24) is 5.32 Å². The van der Waals surface area contributed by atoms with Gasteiger partial charge in [-0.2, -0.15) is 0 Å². The minimum Gasteiger partial charge on any atom is -0.396 e. The number of nitro groups is 1. The molecule has 1 amide bonds. The summed E-state index contributed by atoms with van der Waals surface area (Å²) in [4.78, 5) is 22.4. The fourth-order valence-electron chi connectivity index (χ4n) is 2.70. The van der Waals surface area contributed by atoms with Gasteiger partial charge in [-0.3, -0.25) is 14.9 Å². The molecule has 2 rings (SSSR count). The summed E-state index contributed by atoms with van der Waals surface area (Å²) < 4.78 is 0. The molecule has 1 saturated carbocycles. The summed E-state index contributed by atoms with van der Waals surface area (Å²) in [6.07, 6.45) is 2.78. The molecule has 108 valence electrons. The number of carbonyl (C=O) groups excluding carboxylic acids is 1. The Morgan fingerprint density at radius 1 is 1.50 bits per heavy atom. The molecule has 0 radical (unpaired) electrons. The highest BCUT2D eigenvalue weighted by Gasteiger charge is 2.28. The molecule has 20 heavy (non-hydrogen) atoms. The van der Waals surface area contributed by atoms with Crippen molar-refractivity contribution in [3.05, 3.63) is 39.4 Å². The molecule has 0 aromatic heterocycles. The van der Waals surface area contributed by atoms with Gasteiger partial charge in [-0.05, 0) is 31.9 Å². The summed E-state index contributed by atoms with van der Waals surface area (Å²) in [5, 5.41) is 22.9. The minimum atomic E-state index is -0.463. The average molecular weight is 278 g/mol. The lowest BCUT2D eigenvalue weighted by atomic mass is 10.0. The molecule has 1 aliphatic rings. The van der Waals surface area contributed by atoms with Crippen LogP contribution < -0.4 is 5.32 Å². The zero-order chi connectivity index (χ0) is 14.7. The molecule has 1 aromatic rings. The van der Waals surface area contributed by atoms with Gasteiger partial charge in [0, 0.05) is 35.8 Å². The third-order valence-corrected chi connectivity index (χ3v) is 3.87. The smallest absolute Gasteiger partial charge is 0.272 e. The lowest BCUT2D eigenvalue weighted by Gasteiger charge is -2.19. The van der Waals surface area contributed by atoms with E-state index in [1.807, 2.05) is 0 Å². The number of nitrogens with zero attached hydrogens (tertiary/aromatic N) is 1. The van der Waals surface area contributed by atoms with Crippen molar-refractivity contribution < 1.29 is 14.8 Å². The van der Waals surface area contributed by atoms with Crippen LogP contribution in [0.2, 0.25) is 0 Å². The van der Waals surface area contributed by atoms with Gasteiger partial charge < -0.3 is 10.4 Å². The third kappa shape index (κ3) is 2.96. The van der Waals surface area contributed by atoms with Crippen LogP contribution in [0.15, 0.2) is 18.2 Å². The van der Waals surface area contributed by atoms with Gasteiger partial charge in [-0.15, -0.1) is 0 Å². The number of rotatable bonds is 4. The van der Waals surface area contributed by atoms with Crippen molar-refractivity contribution in [2.24, 2.45) is 5.92 Å². The summed E-state index contributed by atoms with van der Waals surface area (Å²) in [6.45, 7) is 1.69. The first-order chi connectivity index (χ1) is 9.52. The molecule has 0 spiro atoms. The molecule has 1 aromatic carbocycles. The second-order valence-electron chi connectivity index (χ2n) is 5.21. The van der Waals surface area contributed by atoms with E-state index in [9.17, 15) is 20.0 Å². The van der Waals surface area contributed by atoms with Crippen molar-refractivity contribution in [2.75, 3.05) is 6.61 Å². The molecule has 2 N–H and O–H groups in total. The number of hydrogen-bond acceptors (Lipinski definition) is 4. The van der Waals surface area contributed by atoms with Gasteiger partial charge in [0.1, 0.15) is 0 Å². The van der Waals surface area contributed by atoms with Crippen LogP contribution in [-0.4, -0.2) is 28.6 Å². The molecule has 2 atom stereocenters. The number of carbonyl (C=O) groups is 1. The molecule has 0 bridgehead atoms. The molecule has 1 fully saturated rings. The lowest BCUT2D eigenvalue weighted by molar-refractivity contribution is -0.385. The first-order valence-electron chi connectivity index (χ1n) is 6.69. The standard InChI is InChI=1S/C14H18N2O4/c1-9-7-10(5-6-13(9)16(19)20)14(18)15-12-4-2-3-11(12)8-17/h5-7,11-12,17H,2-4,8H2,1H3,(H,15,18). The Labute approximate surface area is 117 Å². The Hall–Kier alpha value is -1.95. The van der Waals surface area contributed by atoms with Crippen molar-refractivity contribution in [2.45, 2.75) is 32.2 Å². The number of amides is 1. The van der Waals surface area contributed by atoms with Crippen molar-refractivity contribution in [1.29, 1.82) is 0 Å². The third-order valence-electron chi connectivity index (χ3n) is 3.87. The maximum Gasteiger partial charge on any atom is 0.272 e. The quantitative estimate of drug-likeness (QED) is 0.648. The summed E-state index contributed by atoms with van der Waals surface area (Å²) in [7, 11) is 0. The Morgan fingerprint density at radius 2 is 2.25 bits per heavy atom. The van der Waals surface area contributed by atoms with Gasteiger partial charge in [0.05, 0.1) is 4.92 Å². The molecular formula is C14H18N2O4. The van der Waals surface area contributed by atoms with Crippen LogP contribution in [0.25, 0.3) is 0 Å². The Bertz CT molecular complexity index is 530. The fourth-order valence-corrected chi connectivity index (χ4v) is 2.70. The van der Waals surface area contributed by atoms with Crippen molar-refractivity contribution in [3.8, 4) is 0 Å². The summed E-state index contributed by atoms with van der Waals surface area (Å²) in [6, 6.07) is 4.32. The number of aryl methyl sites for hydroxylation is 1. The maximum absolute atomic E-state index is 12.1. The van der Waals surface area contributed by atoms with Crippen LogP contribution in [0.3, 0.4) is 0 Å². The number of aliphatic hydroxyl groups excluding tert-OH is 1. The van der Waals surface area contributed by atoms with Crippen LogP contribution in [-0.2, 0) is 0 Å². The van der Waals surface area contributed by atoms with E-state index in [4.69, 9.17) is 0 Å². The van der Waals surface area contributed by atoms with E-state index in [1.54, 1.807) is 6.92 Å². The first-order valence-corrected chi connectivity index (χ1v) is 6.69. The van der Waals surface area contributed by atoms with Gasteiger partial charge in [0.2, 0.25) is 0 Å². The number of nitro benzene ring substituents is 1.